The molecule has 0 amide bonds. The van der Waals surface area contributed by atoms with Crippen molar-refractivity contribution in [3.05, 3.63) is 0 Å². The fourth-order valence-corrected chi connectivity index (χ4v) is 1.96. The summed E-state index contributed by atoms with van der Waals surface area (Å²) >= 11 is 0. The lowest BCUT2D eigenvalue weighted by molar-refractivity contribution is -0.154. The summed E-state index contributed by atoms with van der Waals surface area (Å²) < 4.78 is 9.57. The molecule has 3 atom stereocenters. The summed E-state index contributed by atoms with van der Waals surface area (Å²) in [4.78, 5) is 22.1. The summed E-state index contributed by atoms with van der Waals surface area (Å²) in [6, 6.07) is 0. The highest BCUT2D eigenvalue weighted by atomic mass is 16.6. The van der Waals surface area contributed by atoms with Crippen molar-refractivity contribution in [2.24, 2.45) is 11.8 Å². The first-order valence-corrected chi connectivity index (χ1v) is 4.00. The monoisotopic (exact) mass is 170 g/mol. The van der Waals surface area contributed by atoms with Crippen LogP contribution in [0, 0.1) is 11.8 Å². The SMILES string of the molecule is CO[C@H]1C[C@@H]2C(=O)OC(=O)[C@@H]2C1. The molecule has 2 aliphatic rings. The van der Waals surface area contributed by atoms with Crippen LogP contribution in [0.25, 0.3) is 0 Å². The molecule has 1 saturated heterocycles. The molecule has 0 N–H and O–H groups in total. The number of esters is 2. The van der Waals surface area contributed by atoms with Gasteiger partial charge in [0.15, 0.2) is 0 Å². The van der Waals surface area contributed by atoms with Gasteiger partial charge in [-0.05, 0) is 12.8 Å². The van der Waals surface area contributed by atoms with Gasteiger partial charge < -0.3 is 9.47 Å². The Morgan fingerprint density at radius 1 is 1.25 bits per heavy atom. The van der Waals surface area contributed by atoms with Crippen LogP contribution in [0.15, 0.2) is 0 Å². The Balaban J connectivity index is 2.14. The molecule has 2 rings (SSSR count). The Morgan fingerprint density at radius 3 is 2.17 bits per heavy atom. The molecule has 0 bridgehead atoms. The summed E-state index contributed by atoms with van der Waals surface area (Å²) in [5, 5.41) is 0. The van der Waals surface area contributed by atoms with Gasteiger partial charge in [0.2, 0.25) is 0 Å². The number of ether oxygens (including phenoxy) is 2. The normalized spacial score (nSPS) is 39.9. The summed E-state index contributed by atoms with van der Waals surface area (Å²) in [6.07, 6.45) is 1.31. The third-order valence-corrected chi connectivity index (χ3v) is 2.66. The predicted octanol–water partition coefficient (Wildman–Crippen LogP) is 0.111. The van der Waals surface area contributed by atoms with E-state index in [1.54, 1.807) is 7.11 Å². The third-order valence-electron chi connectivity index (χ3n) is 2.66. The number of methoxy groups -OCH3 is 1. The van der Waals surface area contributed by atoms with E-state index in [9.17, 15) is 9.59 Å². The number of fused-ring (bicyclic) bond motifs is 1. The van der Waals surface area contributed by atoms with Crippen LogP contribution in [0.2, 0.25) is 0 Å². The van der Waals surface area contributed by atoms with Gasteiger partial charge in [-0.15, -0.1) is 0 Å². The number of rotatable bonds is 1. The molecule has 0 unspecified atom stereocenters. The first kappa shape index (κ1) is 7.73. The zero-order valence-corrected chi connectivity index (χ0v) is 6.78. The predicted molar refractivity (Wildman–Crippen MR) is 38.1 cm³/mol. The van der Waals surface area contributed by atoms with Crippen LogP contribution in [0.1, 0.15) is 12.8 Å². The van der Waals surface area contributed by atoms with Crippen molar-refractivity contribution in [2.75, 3.05) is 7.11 Å². The highest BCUT2D eigenvalue weighted by molar-refractivity contribution is 5.96. The van der Waals surface area contributed by atoms with E-state index in [4.69, 9.17) is 4.74 Å². The van der Waals surface area contributed by atoms with Crippen LogP contribution >= 0.6 is 0 Å². The van der Waals surface area contributed by atoms with Crippen molar-refractivity contribution in [2.45, 2.75) is 18.9 Å². The molecule has 0 radical (unpaired) electrons. The maximum atomic E-state index is 11.0. The number of carbonyl (C=O) groups excluding carboxylic acids is 2. The smallest absolute Gasteiger partial charge is 0.317 e. The lowest BCUT2D eigenvalue weighted by Crippen LogP contribution is -2.12. The van der Waals surface area contributed by atoms with Gasteiger partial charge in [-0.3, -0.25) is 9.59 Å². The molecule has 4 heteroatoms. The molecule has 12 heavy (non-hydrogen) atoms. The molecule has 1 aliphatic carbocycles. The van der Waals surface area contributed by atoms with Crippen LogP contribution in [-0.2, 0) is 19.1 Å². The minimum absolute atomic E-state index is 0.0526. The third kappa shape index (κ3) is 0.948. The van der Waals surface area contributed by atoms with E-state index >= 15 is 0 Å². The summed E-state index contributed by atoms with van der Waals surface area (Å²) in [5.41, 5.74) is 0. The van der Waals surface area contributed by atoms with Crippen molar-refractivity contribution in [1.82, 2.24) is 0 Å². The van der Waals surface area contributed by atoms with E-state index in [-0.39, 0.29) is 29.9 Å². The van der Waals surface area contributed by atoms with E-state index in [2.05, 4.69) is 4.74 Å². The van der Waals surface area contributed by atoms with Gasteiger partial charge in [-0.25, -0.2) is 0 Å². The fraction of sp³-hybridized carbons (Fsp3) is 0.750. The van der Waals surface area contributed by atoms with Crippen molar-refractivity contribution in [3.8, 4) is 0 Å². The van der Waals surface area contributed by atoms with Crippen LogP contribution in [0.5, 0.6) is 0 Å². The van der Waals surface area contributed by atoms with Gasteiger partial charge in [-0.1, -0.05) is 0 Å². The molecule has 0 aromatic rings. The lowest BCUT2D eigenvalue weighted by atomic mass is 10.00. The molecule has 0 spiro atoms. The molecule has 4 nitrogen and oxygen atoms in total. The van der Waals surface area contributed by atoms with E-state index in [1.165, 1.54) is 0 Å². The van der Waals surface area contributed by atoms with E-state index in [1.807, 2.05) is 0 Å². The van der Waals surface area contributed by atoms with Crippen LogP contribution < -0.4 is 0 Å². The molecule has 66 valence electrons. The van der Waals surface area contributed by atoms with Crippen molar-refractivity contribution in [3.63, 3.8) is 0 Å². The number of carbonyl (C=O) groups is 2. The van der Waals surface area contributed by atoms with E-state index in [0.717, 1.165) is 0 Å². The standard InChI is InChI=1S/C8H10O4/c1-11-4-2-5-6(3-4)8(10)12-7(5)9/h4-6H,2-3H2,1H3/t4-,5-,6+. The van der Waals surface area contributed by atoms with E-state index < -0.39 is 0 Å². The number of hydrogen-bond donors (Lipinski definition) is 0. The topological polar surface area (TPSA) is 52.6 Å². The zero-order valence-electron chi connectivity index (χ0n) is 6.78. The van der Waals surface area contributed by atoms with Crippen molar-refractivity contribution < 1.29 is 19.1 Å². The van der Waals surface area contributed by atoms with E-state index in [0.29, 0.717) is 12.8 Å². The minimum Gasteiger partial charge on any atom is -0.393 e. The van der Waals surface area contributed by atoms with Crippen LogP contribution in [0.3, 0.4) is 0 Å². The van der Waals surface area contributed by atoms with Crippen molar-refractivity contribution >= 4 is 11.9 Å². The highest BCUT2D eigenvalue weighted by Crippen LogP contribution is 2.39. The Hall–Kier alpha value is -0.900. The largest absolute Gasteiger partial charge is 0.393 e. The lowest BCUT2D eigenvalue weighted by Gasteiger charge is -2.06. The van der Waals surface area contributed by atoms with Gasteiger partial charge in [0.1, 0.15) is 0 Å². The molecule has 2 fully saturated rings. The summed E-state index contributed by atoms with van der Waals surface area (Å²) in [5.74, 6) is -1.21. The Bertz CT molecular complexity index is 213. The fourth-order valence-electron chi connectivity index (χ4n) is 1.96. The van der Waals surface area contributed by atoms with Crippen LogP contribution in [0.4, 0.5) is 0 Å². The highest BCUT2D eigenvalue weighted by Gasteiger charge is 2.50. The van der Waals surface area contributed by atoms with Crippen LogP contribution in [-0.4, -0.2) is 25.2 Å². The molecule has 0 aromatic heterocycles. The summed E-state index contributed by atoms with van der Waals surface area (Å²) in [6.45, 7) is 0. The average Bonchev–Trinajstić information content (AvgIpc) is 2.55. The summed E-state index contributed by atoms with van der Waals surface area (Å²) in [7, 11) is 1.60. The van der Waals surface area contributed by atoms with Gasteiger partial charge >= 0.3 is 11.9 Å². The Morgan fingerprint density at radius 2 is 1.75 bits per heavy atom. The second kappa shape index (κ2) is 2.55. The quantitative estimate of drug-likeness (QED) is 0.414. The molecule has 1 saturated carbocycles. The molecule has 1 aliphatic heterocycles. The second-order valence-electron chi connectivity index (χ2n) is 3.28. The molecule has 1 heterocycles. The average molecular weight is 170 g/mol. The van der Waals surface area contributed by atoms with Gasteiger partial charge in [0, 0.05) is 7.11 Å². The van der Waals surface area contributed by atoms with Gasteiger partial charge in [0.05, 0.1) is 17.9 Å². The molecule has 0 aromatic carbocycles. The van der Waals surface area contributed by atoms with Gasteiger partial charge in [0.25, 0.3) is 0 Å². The molecular weight excluding hydrogens is 160 g/mol. The Labute approximate surface area is 69.8 Å². The molecular formula is C8H10O4. The first-order valence-electron chi connectivity index (χ1n) is 4.00. The number of cyclic esters (lactones) is 2. The maximum Gasteiger partial charge on any atom is 0.317 e. The second-order valence-corrected chi connectivity index (χ2v) is 3.28. The maximum absolute atomic E-state index is 11.0. The Kier molecular flexibility index (Phi) is 1.65. The first-order chi connectivity index (χ1) is 5.72. The zero-order chi connectivity index (χ0) is 8.72. The minimum atomic E-state index is -0.371. The van der Waals surface area contributed by atoms with Gasteiger partial charge in [-0.2, -0.15) is 0 Å². The number of hydrogen-bond acceptors (Lipinski definition) is 4. The van der Waals surface area contributed by atoms with Crippen molar-refractivity contribution in [1.29, 1.82) is 0 Å².